The van der Waals surface area contributed by atoms with Crippen LogP contribution in [0.5, 0.6) is 0 Å². The summed E-state index contributed by atoms with van der Waals surface area (Å²) in [5.41, 5.74) is 2.13. The number of nitrogens with zero attached hydrogens (tertiary/aromatic N) is 1. The third-order valence-corrected chi connectivity index (χ3v) is 3.26. The highest BCUT2D eigenvalue weighted by Gasteiger charge is 2.20. The zero-order valence-electron chi connectivity index (χ0n) is 11.0. The maximum atomic E-state index is 9.52. The van der Waals surface area contributed by atoms with E-state index in [1.807, 2.05) is 19.1 Å². The molecule has 0 amide bonds. The predicted molar refractivity (Wildman–Crippen MR) is 74.5 cm³/mol. The molecule has 0 aliphatic carbocycles. The van der Waals surface area contributed by atoms with Crippen molar-refractivity contribution in [2.24, 2.45) is 0 Å². The molecule has 0 spiro atoms. The van der Waals surface area contributed by atoms with E-state index in [-0.39, 0.29) is 6.04 Å². The van der Waals surface area contributed by atoms with Gasteiger partial charge in [0.1, 0.15) is 6.04 Å². The van der Waals surface area contributed by atoms with Crippen LogP contribution in [0, 0.1) is 11.8 Å². The molecule has 0 saturated carbocycles. The summed E-state index contributed by atoms with van der Waals surface area (Å²) in [6, 6.07) is 8.34. The molecule has 2 unspecified atom stereocenters. The normalized spacial score (nSPS) is 21.1. The van der Waals surface area contributed by atoms with E-state index in [4.69, 9.17) is 0 Å². The van der Waals surface area contributed by atoms with Gasteiger partial charge in [0.2, 0.25) is 0 Å². The summed E-state index contributed by atoms with van der Waals surface area (Å²) in [7, 11) is 0. The molecular weight excluding hydrogens is 224 g/mol. The lowest BCUT2D eigenvalue weighted by molar-refractivity contribution is 0.199. The number of benzene rings is 1. The molecule has 1 aliphatic rings. The fourth-order valence-electron chi connectivity index (χ4n) is 2.25. The molecule has 3 nitrogen and oxygen atoms in total. The van der Waals surface area contributed by atoms with E-state index in [2.05, 4.69) is 34.2 Å². The van der Waals surface area contributed by atoms with Crippen LogP contribution in [0.2, 0.25) is 0 Å². The van der Waals surface area contributed by atoms with E-state index < -0.39 is 6.10 Å². The van der Waals surface area contributed by atoms with Crippen LogP contribution in [0.1, 0.15) is 25.5 Å². The standard InChI is InChI=1S/C15H20N2O/c1-3-4-15-11-16-9-10-17(15)14-7-5-13(6-8-14)12(2)18/h5-8,12,15-16,18H,9-11H2,1-2H3. The van der Waals surface area contributed by atoms with Crippen molar-refractivity contribution in [3.8, 4) is 11.8 Å². The van der Waals surface area contributed by atoms with Crippen LogP contribution >= 0.6 is 0 Å². The molecule has 2 atom stereocenters. The number of aliphatic hydroxyl groups excluding tert-OH is 1. The van der Waals surface area contributed by atoms with Gasteiger partial charge < -0.3 is 15.3 Å². The molecular formula is C15H20N2O. The Bertz CT molecular complexity index is 442. The maximum absolute atomic E-state index is 9.52. The second-order valence-corrected chi connectivity index (χ2v) is 4.58. The Morgan fingerprint density at radius 3 is 2.72 bits per heavy atom. The van der Waals surface area contributed by atoms with Crippen LogP contribution in [0.3, 0.4) is 0 Å². The van der Waals surface area contributed by atoms with Crippen LogP contribution in [0.25, 0.3) is 0 Å². The number of rotatable bonds is 2. The van der Waals surface area contributed by atoms with Crippen molar-refractivity contribution < 1.29 is 5.11 Å². The molecule has 1 aliphatic heterocycles. The molecule has 1 saturated heterocycles. The maximum Gasteiger partial charge on any atom is 0.103 e. The average molecular weight is 244 g/mol. The van der Waals surface area contributed by atoms with Crippen LogP contribution in [-0.4, -0.2) is 30.8 Å². The highest BCUT2D eigenvalue weighted by molar-refractivity contribution is 5.51. The SMILES string of the molecule is CC#CC1CNCCN1c1ccc(C(C)O)cc1. The summed E-state index contributed by atoms with van der Waals surface area (Å²) in [5.74, 6) is 6.23. The number of piperazine rings is 1. The Hall–Kier alpha value is -1.50. The fraction of sp³-hybridized carbons (Fsp3) is 0.467. The highest BCUT2D eigenvalue weighted by atomic mass is 16.3. The van der Waals surface area contributed by atoms with Crippen LogP contribution in [-0.2, 0) is 0 Å². The monoisotopic (exact) mass is 244 g/mol. The summed E-state index contributed by atoms with van der Waals surface area (Å²) in [5, 5.41) is 12.9. The number of anilines is 1. The third-order valence-electron chi connectivity index (χ3n) is 3.26. The van der Waals surface area contributed by atoms with Gasteiger partial charge in [0.15, 0.2) is 0 Å². The second kappa shape index (κ2) is 5.90. The first kappa shape index (κ1) is 12.9. The van der Waals surface area contributed by atoms with Gasteiger partial charge in [-0.2, -0.15) is 0 Å². The first-order valence-corrected chi connectivity index (χ1v) is 6.40. The smallest absolute Gasteiger partial charge is 0.103 e. The van der Waals surface area contributed by atoms with Crippen LogP contribution < -0.4 is 10.2 Å². The molecule has 0 aromatic heterocycles. The van der Waals surface area contributed by atoms with Crippen molar-refractivity contribution in [2.75, 3.05) is 24.5 Å². The summed E-state index contributed by atoms with van der Waals surface area (Å²) in [6.07, 6.45) is -0.409. The minimum absolute atomic E-state index is 0.237. The lowest BCUT2D eigenvalue weighted by atomic mass is 10.1. The Balaban J connectivity index is 2.19. The predicted octanol–water partition coefficient (Wildman–Crippen LogP) is 1.54. The Labute approximate surface area is 109 Å². The van der Waals surface area contributed by atoms with Crippen molar-refractivity contribution in [1.82, 2.24) is 5.32 Å². The third kappa shape index (κ3) is 2.84. The van der Waals surface area contributed by atoms with E-state index in [0.29, 0.717) is 0 Å². The minimum Gasteiger partial charge on any atom is -0.389 e. The summed E-state index contributed by atoms with van der Waals surface area (Å²) < 4.78 is 0. The number of aliphatic hydroxyl groups is 1. The van der Waals surface area contributed by atoms with E-state index in [0.717, 1.165) is 25.2 Å². The summed E-state index contributed by atoms with van der Waals surface area (Å²) in [6.45, 7) is 6.51. The molecule has 1 fully saturated rings. The van der Waals surface area contributed by atoms with Crippen LogP contribution in [0.15, 0.2) is 24.3 Å². The van der Waals surface area contributed by atoms with Gasteiger partial charge in [0, 0.05) is 25.3 Å². The minimum atomic E-state index is -0.409. The van der Waals surface area contributed by atoms with Gasteiger partial charge in [-0.1, -0.05) is 18.1 Å². The molecule has 0 radical (unpaired) electrons. The van der Waals surface area contributed by atoms with Crippen molar-refractivity contribution in [3.05, 3.63) is 29.8 Å². The van der Waals surface area contributed by atoms with Gasteiger partial charge >= 0.3 is 0 Å². The molecule has 0 bridgehead atoms. The van der Waals surface area contributed by atoms with Gasteiger partial charge in [-0.25, -0.2) is 0 Å². The van der Waals surface area contributed by atoms with Crippen molar-refractivity contribution in [2.45, 2.75) is 26.0 Å². The van der Waals surface area contributed by atoms with Gasteiger partial charge in [0.05, 0.1) is 6.10 Å². The largest absolute Gasteiger partial charge is 0.389 e. The van der Waals surface area contributed by atoms with Crippen molar-refractivity contribution in [3.63, 3.8) is 0 Å². The van der Waals surface area contributed by atoms with Gasteiger partial charge in [-0.15, -0.1) is 5.92 Å². The number of hydrogen-bond donors (Lipinski definition) is 2. The topological polar surface area (TPSA) is 35.5 Å². The van der Waals surface area contributed by atoms with Gasteiger partial charge in [-0.3, -0.25) is 0 Å². The van der Waals surface area contributed by atoms with Crippen molar-refractivity contribution >= 4 is 5.69 Å². The number of nitrogens with one attached hydrogen (secondary N) is 1. The molecule has 2 N–H and O–H groups in total. The first-order valence-electron chi connectivity index (χ1n) is 6.40. The van der Waals surface area contributed by atoms with E-state index in [1.165, 1.54) is 5.69 Å². The van der Waals surface area contributed by atoms with E-state index in [1.54, 1.807) is 6.92 Å². The zero-order valence-corrected chi connectivity index (χ0v) is 11.0. The van der Waals surface area contributed by atoms with Crippen LogP contribution in [0.4, 0.5) is 5.69 Å². The molecule has 1 heterocycles. The lowest BCUT2D eigenvalue weighted by Crippen LogP contribution is -2.50. The van der Waals surface area contributed by atoms with Gasteiger partial charge in [0.25, 0.3) is 0 Å². The Kier molecular flexibility index (Phi) is 4.24. The van der Waals surface area contributed by atoms with Crippen molar-refractivity contribution in [1.29, 1.82) is 0 Å². The average Bonchev–Trinajstić information content (AvgIpc) is 2.40. The zero-order chi connectivity index (χ0) is 13.0. The van der Waals surface area contributed by atoms with Gasteiger partial charge in [-0.05, 0) is 31.5 Å². The van der Waals surface area contributed by atoms with E-state index in [9.17, 15) is 5.11 Å². The quantitative estimate of drug-likeness (QED) is 0.775. The second-order valence-electron chi connectivity index (χ2n) is 4.58. The molecule has 1 aromatic rings. The highest BCUT2D eigenvalue weighted by Crippen LogP contribution is 2.21. The molecule has 18 heavy (non-hydrogen) atoms. The molecule has 1 aromatic carbocycles. The fourth-order valence-corrected chi connectivity index (χ4v) is 2.25. The van der Waals surface area contributed by atoms with E-state index >= 15 is 0 Å². The first-order chi connectivity index (χ1) is 8.72. The Morgan fingerprint density at radius 2 is 2.11 bits per heavy atom. The molecule has 96 valence electrons. The number of hydrogen-bond acceptors (Lipinski definition) is 3. The Morgan fingerprint density at radius 1 is 1.39 bits per heavy atom. The lowest BCUT2D eigenvalue weighted by Gasteiger charge is -2.35. The molecule has 2 rings (SSSR count). The molecule has 3 heteroatoms. The summed E-state index contributed by atoms with van der Waals surface area (Å²) >= 11 is 0. The summed E-state index contributed by atoms with van der Waals surface area (Å²) in [4.78, 5) is 2.32.